The zero-order chi connectivity index (χ0) is 14.1. The van der Waals surface area contributed by atoms with Gasteiger partial charge in [0.25, 0.3) is 0 Å². The van der Waals surface area contributed by atoms with Gasteiger partial charge in [0.1, 0.15) is 5.75 Å². The zero-order valence-electron chi connectivity index (χ0n) is 10.7. The Balaban J connectivity index is 2.15. The summed E-state index contributed by atoms with van der Waals surface area (Å²) < 4.78 is 7.27. The first-order valence-corrected chi connectivity index (χ1v) is 7.72. The molecule has 20 heavy (non-hydrogen) atoms. The first-order valence-electron chi connectivity index (χ1n) is 6.05. The Labute approximate surface area is 129 Å². The van der Waals surface area contributed by atoms with Crippen LogP contribution < -0.4 is 4.74 Å². The Bertz CT molecular complexity index is 792. The molecule has 0 N–H and O–H groups in total. The number of hydrogen-bond donors (Lipinski definition) is 0. The van der Waals surface area contributed by atoms with Gasteiger partial charge in [-0.3, -0.25) is 4.79 Å². The fraction of sp³-hybridized carbons (Fsp3) is 0.0625. The predicted octanol–water partition coefficient (Wildman–Crippen LogP) is 4.90. The number of fused-ring (bicyclic) bond motifs is 1. The number of ketones is 1. The number of benzene rings is 2. The Hall–Kier alpha value is -1.65. The molecular weight excluding hydrogens is 336 g/mol. The van der Waals surface area contributed by atoms with Gasteiger partial charge in [-0.1, -0.05) is 34.1 Å². The predicted molar refractivity (Wildman–Crippen MR) is 86.0 cm³/mol. The van der Waals surface area contributed by atoms with Crippen molar-refractivity contribution in [3.63, 3.8) is 0 Å². The number of rotatable bonds is 3. The van der Waals surface area contributed by atoms with E-state index in [2.05, 4.69) is 15.9 Å². The van der Waals surface area contributed by atoms with Gasteiger partial charge in [-0.05, 0) is 24.3 Å². The van der Waals surface area contributed by atoms with Crippen molar-refractivity contribution in [1.82, 2.24) is 0 Å². The lowest BCUT2D eigenvalue weighted by Gasteiger charge is -2.07. The average molecular weight is 347 g/mol. The van der Waals surface area contributed by atoms with E-state index >= 15 is 0 Å². The summed E-state index contributed by atoms with van der Waals surface area (Å²) in [5.74, 6) is 0.578. The Morgan fingerprint density at radius 2 is 1.95 bits per heavy atom. The van der Waals surface area contributed by atoms with Crippen LogP contribution in [0.4, 0.5) is 0 Å². The second-order valence-corrected chi connectivity index (χ2v) is 6.15. The molecular formula is C16H11BrO2S. The number of hydrogen-bond acceptors (Lipinski definition) is 3. The smallest absolute Gasteiger partial charge is 0.198 e. The average Bonchev–Trinajstić information content (AvgIpc) is 2.90. The van der Waals surface area contributed by atoms with Gasteiger partial charge in [-0.2, -0.15) is 0 Å². The van der Waals surface area contributed by atoms with E-state index in [0.717, 1.165) is 20.1 Å². The van der Waals surface area contributed by atoms with E-state index in [9.17, 15) is 4.79 Å². The SMILES string of the molecule is COc1ccc(Br)cc1C(=O)c1csc2ccccc12. The summed E-state index contributed by atoms with van der Waals surface area (Å²) in [5, 5.41) is 2.90. The number of carbonyl (C=O) groups is 1. The molecule has 0 amide bonds. The van der Waals surface area contributed by atoms with Gasteiger partial charge in [-0.25, -0.2) is 0 Å². The molecule has 0 bridgehead atoms. The molecule has 3 rings (SSSR count). The van der Waals surface area contributed by atoms with Crippen LogP contribution in [0.5, 0.6) is 5.75 Å². The van der Waals surface area contributed by atoms with Gasteiger partial charge in [0.2, 0.25) is 0 Å². The van der Waals surface area contributed by atoms with E-state index in [1.807, 2.05) is 35.7 Å². The van der Waals surface area contributed by atoms with Gasteiger partial charge in [-0.15, -0.1) is 11.3 Å². The summed E-state index contributed by atoms with van der Waals surface area (Å²) in [4.78, 5) is 12.8. The monoisotopic (exact) mass is 346 g/mol. The third-order valence-corrected chi connectivity index (χ3v) is 4.59. The third kappa shape index (κ3) is 2.25. The van der Waals surface area contributed by atoms with Crippen LogP contribution in [0.2, 0.25) is 0 Å². The van der Waals surface area contributed by atoms with Crippen LogP contribution in [0.25, 0.3) is 10.1 Å². The Morgan fingerprint density at radius 1 is 1.15 bits per heavy atom. The fourth-order valence-corrected chi connectivity index (χ4v) is 3.46. The van der Waals surface area contributed by atoms with Crippen molar-refractivity contribution in [2.45, 2.75) is 0 Å². The zero-order valence-corrected chi connectivity index (χ0v) is 13.1. The minimum atomic E-state index is -0.0133. The Kier molecular flexibility index (Phi) is 3.59. The maximum atomic E-state index is 12.8. The number of methoxy groups -OCH3 is 1. The molecule has 2 aromatic carbocycles. The topological polar surface area (TPSA) is 26.3 Å². The number of ether oxygens (including phenoxy) is 1. The second kappa shape index (κ2) is 5.38. The molecule has 0 unspecified atom stereocenters. The summed E-state index contributed by atoms with van der Waals surface area (Å²) in [6, 6.07) is 13.4. The van der Waals surface area contributed by atoms with Crippen LogP contribution >= 0.6 is 27.3 Å². The maximum Gasteiger partial charge on any atom is 0.198 e. The standard InChI is InChI=1S/C16H11BrO2S/c1-19-14-7-6-10(17)8-12(14)16(18)13-9-20-15-5-3-2-4-11(13)15/h2-9H,1H3. The largest absolute Gasteiger partial charge is 0.496 e. The summed E-state index contributed by atoms with van der Waals surface area (Å²) in [5.41, 5.74) is 1.30. The van der Waals surface area contributed by atoms with Gasteiger partial charge < -0.3 is 4.74 Å². The lowest BCUT2D eigenvalue weighted by molar-refractivity contribution is 0.103. The van der Waals surface area contributed by atoms with E-state index in [1.165, 1.54) is 0 Å². The molecule has 0 spiro atoms. The molecule has 3 aromatic rings. The molecule has 0 radical (unpaired) electrons. The molecule has 0 saturated carbocycles. The van der Waals surface area contributed by atoms with Crippen LogP contribution in [0.3, 0.4) is 0 Å². The van der Waals surface area contributed by atoms with Crippen LogP contribution in [0.1, 0.15) is 15.9 Å². The minimum Gasteiger partial charge on any atom is -0.496 e. The Morgan fingerprint density at radius 3 is 2.75 bits per heavy atom. The lowest BCUT2D eigenvalue weighted by atomic mass is 10.0. The van der Waals surface area contributed by atoms with Crippen molar-refractivity contribution in [2.24, 2.45) is 0 Å². The molecule has 1 heterocycles. The van der Waals surface area contributed by atoms with E-state index < -0.39 is 0 Å². The summed E-state index contributed by atoms with van der Waals surface area (Å²) in [7, 11) is 1.58. The van der Waals surface area contributed by atoms with Crippen molar-refractivity contribution in [2.75, 3.05) is 7.11 Å². The maximum absolute atomic E-state index is 12.8. The molecule has 0 aliphatic rings. The van der Waals surface area contributed by atoms with Gasteiger partial charge in [0.05, 0.1) is 12.7 Å². The number of carbonyl (C=O) groups excluding carboxylic acids is 1. The molecule has 1 aromatic heterocycles. The highest BCUT2D eigenvalue weighted by atomic mass is 79.9. The van der Waals surface area contributed by atoms with Crippen LogP contribution in [0, 0.1) is 0 Å². The van der Waals surface area contributed by atoms with E-state index in [-0.39, 0.29) is 5.78 Å². The van der Waals surface area contributed by atoms with Crippen LogP contribution in [0.15, 0.2) is 52.3 Å². The van der Waals surface area contributed by atoms with Gasteiger partial charge in [0.15, 0.2) is 5.78 Å². The van der Waals surface area contributed by atoms with E-state index in [4.69, 9.17) is 4.74 Å². The van der Waals surface area contributed by atoms with Crippen molar-refractivity contribution >= 4 is 43.1 Å². The fourth-order valence-electron chi connectivity index (χ4n) is 2.16. The van der Waals surface area contributed by atoms with Crippen molar-refractivity contribution in [3.8, 4) is 5.75 Å². The normalized spacial score (nSPS) is 10.7. The lowest BCUT2D eigenvalue weighted by Crippen LogP contribution is -2.03. The van der Waals surface area contributed by atoms with Crippen molar-refractivity contribution < 1.29 is 9.53 Å². The molecule has 2 nitrogen and oxygen atoms in total. The van der Waals surface area contributed by atoms with Crippen LogP contribution in [-0.4, -0.2) is 12.9 Å². The highest BCUT2D eigenvalue weighted by Crippen LogP contribution is 2.31. The van der Waals surface area contributed by atoms with E-state index in [0.29, 0.717) is 11.3 Å². The quantitative estimate of drug-likeness (QED) is 0.630. The van der Waals surface area contributed by atoms with E-state index in [1.54, 1.807) is 30.6 Å². The van der Waals surface area contributed by atoms with Crippen LogP contribution in [-0.2, 0) is 0 Å². The molecule has 0 aliphatic heterocycles. The molecule has 0 aliphatic carbocycles. The summed E-state index contributed by atoms with van der Waals surface area (Å²) in [6.07, 6.45) is 0. The second-order valence-electron chi connectivity index (χ2n) is 4.32. The third-order valence-electron chi connectivity index (χ3n) is 3.13. The first kappa shape index (κ1) is 13.3. The first-order chi connectivity index (χ1) is 9.70. The molecule has 100 valence electrons. The van der Waals surface area contributed by atoms with Crippen molar-refractivity contribution in [1.29, 1.82) is 0 Å². The van der Waals surface area contributed by atoms with Gasteiger partial charge >= 0.3 is 0 Å². The minimum absolute atomic E-state index is 0.0133. The number of halogens is 1. The molecule has 4 heteroatoms. The van der Waals surface area contributed by atoms with Crippen molar-refractivity contribution in [3.05, 3.63) is 63.4 Å². The highest BCUT2D eigenvalue weighted by Gasteiger charge is 2.18. The highest BCUT2D eigenvalue weighted by molar-refractivity contribution is 9.10. The van der Waals surface area contributed by atoms with Gasteiger partial charge in [0, 0.05) is 25.5 Å². The number of thiophene rings is 1. The summed E-state index contributed by atoms with van der Waals surface area (Å²) >= 11 is 4.98. The summed E-state index contributed by atoms with van der Waals surface area (Å²) in [6.45, 7) is 0. The molecule has 0 atom stereocenters. The molecule has 0 fully saturated rings. The molecule has 0 saturated heterocycles.